The van der Waals surface area contributed by atoms with E-state index in [2.05, 4.69) is 45.6 Å². The van der Waals surface area contributed by atoms with E-state index < -0.39 is 0 Å². The summed E-state index contributed by atoms with van der Waals surface area (Å²) in [7, 11) is 1.69. The van der Waals surface area contributed by atoms with Gasteiger partial charge in [-0.1, -0.05) is 17.3 Å². The molecule has 0 aliphatic carbocycles. The molecule has 0 radical (unpaired) electrons. The number of hydrogen-bond acceptors (Lipinski definition) is 6. The van der Waals surface area contributed by atoms with Crippen LogP contribution in [-0.2, 0) is 17.7 Å². The lowest BCUT2D eigenvalue weighted by atomic mass is 9.97. The molecule has 2 heterocycles. The molecule has 0 amide bonds. The van der Waals surface area contributed by atoms with Crippen molar-refractivity contribution in [1.82, 2.24) is 15.0 Å². The number of rotatable bonds is 7. The van der Waals surface area contributed by atoms with Crippen molar-refractivity contribution in [2.45, 2.75) is 36.6 Å². The van der Waals surface area contributed by atoms with Gasteiger partial charge in [-0.15, -0.1) is 11.8 Å². The minimum atomic E-state index is 0.341. The number of likely N-dealkylation sites (tertiary alicyclic amines) is 1. The van der Waals surface area contributed by atoms with Crippen LogP contribution in [0.5, 0.6) is 0 Å². The van der Waals surface area contributed by atoms with Gasteiger partial charge >= 0.3 is 0 Å². The van der Waals surface area contributed by atoms with Crippen molar-refractivity contribution in [1.29, 1.82) is 0 Å². The fraction of sp³-hybridized carbons (Fsp3) is 0.556. The summed E-state index contributed by atoms with van der Waals surface area (Å²) in [6, 6.07) is 8.85. The van der Waals surface area contributed by atoms with E-state index >= 15 is 0 Å². The van der Waals surface area contributed by atoms with Crippen LogP contribution in [0.15, 0.2) is 33.7 Å². The van der Waals surface area contributed by atoms with E-state index in [1.807, 2.05) is 0 Å². The van der Waals surface area contributed by atoms with Gasteiger partial charge in [-0.25, -0.2) is 0 Å². The lowest BCUT2D eigenvalue weighted by Gasteiger charge is -2.30. The van der Waals surface area contributed by atoms with Crippen molar-refractivity contribution in [3.8, 4) is 0 Å². The van der Waals surface area contributed by atoms with Crippen molar-refractivity contribution >= 4 is 11.8 Å². The summed E-state index contributed by atoms with van der Waals surface area (Å²) in [5.41, 5.74) is 1.36. The molecule has 2 aromatic rings. The number of hydrogen-bond donors (Lipinski definition) is 0. The second kappa shape index (κ2) is 8.65. The Bertz CT molecular complexity index is 629. The third-order valence-electron chi connectivity index (χ3n) is 4.43. The molecule has 3 rings (SSSR count). The maximum Gasteiger partial charge on any atom is 0.231 e. The van der Waals surface area contributed by atoms with Gasteiger partial charge in [0.15, 0.2) is 5.82 Å². The Hall–Kier alpha value is -1.37. The lowest BCUT2D eigenvalue weighted by molar-refractivity contribution is 0.180. The predicted molar refractivity (Wildman–Crippen MR) is 95.4 cm³/mol. The summed E-state index contributed by atoms with van der Waals surface area (Å²) >= 11 is 1.78. The van der Waals surface area contributed by atoms with Crippen LogP contribution in [-0.4, -0.2) is 48.1 Å². The highest BCUT2D eigenvalue weighted by atomic mass is 32.2. The molecule has 0 spiro atoms. The molecule has 1 aliphatic rings. The first-order valence-electron chi connectivity index (χ1n) is 8.45. The number of methoxy groups -OCH3 is 1. The third kappa shape index (κ3) is 4.59. The van der Waals surface area contributed by atoms with Crippen LogP contribution in [0.25, 0.3) is 0 Å². The summed E-state index contributed by atoms with van der Waals surface area (Å²) < 4.78 is 10.6. The Balaban J connectivity index is 1.58. The molecular weight excluding hydrogens is 322 g/mol. The van der Waals surface area contributed by atoms with E-state index in [1.54, 1.807) is 18.9 Å². The average Bonchev–Trinajstić information content (AvgIpc) is 3.10. The summed E-state index contributed by atoms with van der Waals surface area (Å²) in [5.74, 6) is 1.87. The summed E-state index contributed by atoms with van der Waals surface area (Å²) in [4.78, 5) is 8.35. The van der Waals surface area contributed by atoms with Crippen LogP contribution in [0, 0.1) is 0 Å². The first-order chi connectivity index (χ1) is 11.8. The van der Waals surface area contributed by atoms with Crippen molar-refractivity contribution in [3.05, 3.63) is 41.5 Å². The Labute approximate surface area is 147 Å². The van der Waals surface area contributed by atoms with Gasteiger partial charge in [-0.05, 0) is 43.3 Å². The normalized spacial score (nSPS) is 18.8. The predicted octanol–water partition coefficient (Wildman–Crippen LogP) is 3.36. The zero-order valence-electron chi connectivity index (χ0n) is 14.4. The van der Waals surface area contributed by atoms with Crippen LogP contribution in [0.1, 0.15) is 36.0 Å². The summed E-state index contributed by atoms with van der Waals surface area (Å²) in [6.07, 6.45) is 5.10. The zero-order chi connectivity index (χ0) is 16.8. The quantitative estimate of drug-likeness (QED) is 0.716. The van der Waals surface area contributed by atoms with Crippen LogP contribution < -0.4 is 0 Å². The molecule has 1 aromatic carbocycles. The summed E-state index contributed by atoms with van der Waals surface area (Å²) in [6.45, 7) is 3.72. The van der Waals surface area contributed by atoms with E-state index in [9.17, 15) is 0 Å². The van der Waals surface area contributed by atoms with Gasteiger partial charge in [0.05, 0.1) is 12.5 Å². The average molecular weight is 347 g/mol. The summed E-state index contributed by atoms with van der Waals surface area (Å²) in [5, 5.41) is 4.07. The topological polar surface area (TPSA) is 51.4 Å². The molecule has 130 valence electrons. The van der Waals surface area contributed by atoms with Crippen LogP contribution in [0.4, 0.5) is 0 Å². The Morgan fingerprint density at radius 3 is 2.92 bits per heavy atom. The molecule has 5 nitrogen and oxygen atoms in total. The SMILES string of the molecule is COCCc1noc([C@H]2CCCN(Cc3ccc(SC)cc3)C2)n1. The number of aromatic nitrogens is 2. The van der Waals surface area contributed by atoms with Gasteiger partial charge in [0.1, 0.15) is 0 Å². The Morgan fingerprint density at radius 2 is 2.17 bits per heavy atom. The third-order valence-corrected chi connectivity index (χ3v) is 5.18. The molecule has 1 fully saturated rings. The van der Waals surface area contributed by atoms with Crippen LogP contribution in [0.2, 0.25) is 0 Å². The molecule has 6 heteroatoms. The van der Waals surface area contributed by atoms with Gasteiger partial charge in [-0.2, -0.15) is 4.98 Å². The van der Waals surface area contributed by atoms with E-state index in [-0.39, 0.29) is 0 Å². The maximum absolute atomic E-state index is 5.48. The van der Waals surface area contributed by atoms with E-state index in [1.165, 1.54) is 16.9 Å². The molecule has 0 N–H and O–H groups in total. The molecule has 1 atom stereocenters. The maximum atomic E-state index is 5.48. The fourth-order valence-corrected chi connectivity index (χ4v) is 3.53. The highest BCUT2D eigenvalue weighted by Crippen LogP contribution is 2.27. The van der Waals surface area contributed by atoms with Gasteiger partial charge in [-0.3, -0.25) is 4.90 Å². The molecule has 0 bridgehead atoms. The number of benzene rings is 1. The highest BCUT2D eigenvalue weighted by Gasteiger charge is 2.26. The largest absolute Gasteiger partial charge is 0.384 e. The Kier molecular flexibility index (Phi) is 6.29. The molecule has 0 unspecified atom stereocenters. The molecule has 1 saturated heterocycles. The number of nitrogens with zero attached hydrogens (tertiary/aromatic N) is 3. The van der Waals surface area contributed by atoms with E-state index in [0.29, 0.717) is 18.9 Å². The Morgan fingerprint density at radius 1 is 1.33 bits per heavy atom. The number of thioether (sulfide) groups is 1. The zero-order valence-corrected chi connectivity index (χ0v) is 15.2. The molecular formula is C18H25N3O2S. The smallest absolute Gasteiger partial charge is 0.231 e. The standard InChI is InChI=1S/C18H25N3O2S/c1-22-11-9-17-19-18(23-20-17)15-4-3-10-21(13-15)12-14-5-7-16(24-2)8-6-14/h5-8,15H,3-4,9-13H2,1-2H3/t15-/m0/s1. The first-order valence-corrected chi connectivity index (χ1v) is 9.67. The fourth-order valence-electron chi connectivity index (χ4n) is 3.12. The van der Waals surface area contributed by atoms with Gasteiger partial charge in [0, 0.05) is 31.5 Å². The second-order valence-electron chi connectivity index (χ2n) is 6.21. The first kappa shape index (κ1) is 17.5. The monoisotopic (exact) mass is 347 g/mol. The number of piperidine rings is 1. The van der Waals surface area contributed by atoms with Crippen molar-refractivity contribution in [2.75, 3.05) is 33.1 Å². The lowest BCUT2D eigenvalue weighted by Crippen LogP contribution is -2.34. The molecule has 24 heavy (non-hydrogen) atoms. The van der Waals surface area contributed by atoms with Crippen molar-refractivity contribution in [3.63, 3.8) is 0 Å². The van der Waals surface area contributed by atoms with Gasteiger partial charge in [0.2, 0.25) is 5.89 Å². The van der Waals surface area contributed by atoms with Gasteiger partial charge < -0.3 is 9.26 Å². The molecule has 0 saturated carbocycles. The minimum Gasteiger partial charge on any atom is -0.384 e. The molecule has 1 aliphatic heterocycles. The van der Waals surface area contributed by atoms with Crippen molar-refractivity contribution < 1.29 is 9.26 Å². The van der Waals surface area contributed by atoms with Crippen molar-refractivity contribution in [2.24, 2.45) is 0 Å². The molecule has 1 aromatic heterocycles. The van der Waals surface area contributed by atoms with Crippen LogP contribution in [0.3, 0.4) is 0 Å². The number of ether oxygens (including phenoxy) is 1. The minimum absolute atomic E-state index is 0.341. The second-order valence-corrected chi connectivity index (χ2v) is 7.09. The van der Waals surface area contributed by atoms with E-state index in [0.717, 1.165) is 37.8 Å². The van der Waals surface area contributed by atoms with E-state index in [4.69, 9.17) is 9.26 Å². The van der Waals surface area contributed by atoms with Crippen LogP contribution >= 0.6 is 11.8 Å². The van der Waals surface area contributed by atoms with Gasteiger partial charge in [0.25, 0.3) is 0 Å². The highest BCUT2D eigenvalue weighted by molar-refractivity contribution is 7.98.